The van der Waals surface area contributed by atoms with Crippen molar-refractivity contribution in [1.29, 1.82) is 0 Å². The summed E-state index contributed by atoms with van der Waals surface area (Å²) in [5.74, 6) is 0.434. The van der Waals surface area contributed by atoms with E-state index in [2.05, 4.69) is 10.6 Å². The first-order chi connectivity index (χ1) is 10.7. The Morgan fingerprint density at radius 3 is 2.23 bits per heavy atom. The summed E-state index contributed by atoms with van der Waals surface area (Å²) < 4.78 is 0. The van der Waals surface area contributed by atoms with E-state index in [9.17, 15) is 9.59 Å². The van der Waals surface area contributed by atoms with Gasteiger partial charge in [0, 0.05) is 18.7 Å². The second-order valence-corrected chi connectivity index (χ2v) is 6.56. The normalized spacial score (nSPS) is 20.2. The largest absolute Gasteiger partial charge is 0.358 e. The summed E-state index contributed by atoms with van der Waals surface area (Å²) in [4.78, 5) is 24.3. The molecule has 118 valence electrons. The van der Waals surface area contributed by atoms with Crippen LogP contribution in [0.1, 0.15) is 50.5 Å². The molecular weight excluding hydrogens is 276 g/mol. The van der Waals surface area contributed by atoms with Crippen molar-refractivity contribution in [3.05, 3.63) is 29.8 Å². The Labute approximate surface area is 131 Å². The molecule has 1 aromatic rings. The lowest BCUT2D eigenvalue weighted by Crippen LogP contribution is -2.44. The smallest absolute Gasteiger partial charge is 0.230 e. The van der Waals surface area contributed by atoms with Gasteiger partial charge >= 0.3 is 0 Å². The van der Waals surface area contributed by atoms with Gasteiger partial charge in [-0.1, -0.05) is 31.4 Å². The van der Waals surface area contributed by atoms with E-state index in [0.717, 1.165) is 49.8 Å². The molecular formula is C18H24N2O2. The molecule has 0 unspecified atom stereocenters. The van der Waals surface area contributed by atoms with Crippen molar-refractivity contribution in [1.82, 2.24) is 5.32 Å². The molecule has 2 amide bonds. The molecule has 2 aliphatic rings. The third kappa shape index (κ3) is 2.87. The molecule has 1 aromatic carbocycles. The number of benzene rings is 1. The van der Waals surface area contributed by atoms with E-state index in [1.165, 1.54) is 6.42 Å². The third-order valence-corrected chi connectivity index (χ3v) is 5.02. The van der Waals surface area contributed by atoms with Crippen LogP contribution in [0.4, 0.5) is 5.69 Å². The van der Waals surface area contributed by atoms with Crippen molar-refractivity contribution < 1.29 is 9.59 Å². The van der Waals surface area contributed by atoms with Gasteiger partial charge in [-0.15, -0.1) is 0 Å². The Morgan fingerprint density at radius 2 is 1.68 bits per heavy atom. The van der Waals surface area contributed by atoms with Gasteiger partial charge in [0.1, 0.15) is 0 Å². The molecule has 4 nitrogen and oxygen atoms in total. The lowest BCUT2D eigenvalue weighted by molar-refractivity contribution is -0.127. The Bertz CT molecular complexity index is 555. The minimum atomic E-state index is -0.397. The van der Waals surface area contributed by atoms with Gasteiger partial charge in [-0.05, 0) is 43.4 Å². The molecule has 0 bridgehead atoms. The highest BCUT2D eigenvalue weighted by Gasteiger charge is 2.40. The molecule has 0 aromatic heterocycles. The minimum Gasteiger partial charge on any atom is -0.358 e. The number of carbonyl (C=O) groups is 2. The van der Waals surface area contributed by atoms with Gasteiger partial charge in [0.15, 0.2) is 0 Å². The first-order valence-corrected chi connectivity index (χ1v) is 8.29. The molecule has 0 spiro atoms. The molecule has 22 heavy (non-hydrogen) atoms. The van der Waals surface area contributed by atoms with Crippen LogP contribution in [-0.4, -0.2) is 18.9 Å². The monoisotopic (exact) mass is 300 g/mol. The Hall–Kier alpha value is -1.84. The summed E-state index contributed by atoms with van der Waals surface area (Å²) >= 11 is 0. The Balaban J connectivity index is 1.79. The van der Waals surface area contributed by atoms with Gasteiger partial charge in [0.05, 0.1) is 5.41 Å². The zero-order valence-corrected chi connectivity index (χ0v) is 13.2. The van der Waals surface area contributed by atoms with Crippen molar-refractivity contribution in [2.24, 2.45) is 5.92 Å². The standard InChI is InChI=1S/C18H24N2O2/c1-19-17(22)18(11-3-2-4-12-18)14-7-9-15(10-8-14)20-16(21)13-5-6-13/h7-10,13H,2-6,11-12H2,1H3,(H,19,22)(H,20,21). The number of anilines is 1. The topological polar surface area (TPSA) is 58.2 Å². The average molecular weight is 300 g/mol. The molecule has 0 aliphatic heterocycles. The molecule has 0 saturated heterocycles. The maximum absolute atomic E-state index is 12.5. The van der Waals surface area contributed by atoms with Crippen molar-refractivity contribution in [3.63, 3.8) is 0 Å². The number of likely N-dealkylation sites (N-methyl/N-ethyl adjacent to an activating group) is 1. The van der Waals surface area contributed by atoms with Gasteiger partial charge in [0.2, 0.25) is 11.8 Å². The molecule has 2 N–H and O–H groups in total. The van der Waals surface area contributed by atoms with Crippen LogP contribution in [0.2, 0.25) is 0 Å². The van der Waals surface area contributed by atoms with E-state index in [-0.39, 0.29) is 17.7 Å². The average Bonchev–Trinajstić information content (AvgIpc) is 3.40. The number of carbonyl (C=O) groups excluding carboxylic acids is 2. The molecule has 2 fully saturated rings. The fraction of sp³-hybridized carbons (Fsp3) is 0.556. The van der Waals surface area contributed by atoms with Gasteiger partial charge in [0.25, 0.3) is 0 Å². The van der Waals surface area contributed by atoms with Gasteiger partial charge in [-0.2, -0.15) is 0 Å². The SMILES string of the molecule is CNC(=O)C1(c2ccc(NC(=O)C3CC3)cc2)CCCCC1. The maximum Gasteiger partial charge on any atom is 0.230 e. The zero-order valence-electron chi connectivity index (χ0n) is 13.2. The number of hydrogen-bond donors (Lipinski definition) is 2. The fourth-order valence-electron chi connectivity index (χ4n) is 3.50. The maximum atomic E-state index is 12.5. The van der Waals surface area contributed by atoms with Crippen LogP contribution in [0.15, 0.2) is 24.3 Å². The molecule has 2 aliphatic carbocycles. The molecule has 2 saturated carbocycles. The summed E-state index contributed by atoms with van der Waals surface area (Å²) in [6.07, 6.45) is 7.20. The van der Waals surface area contributed by atoms with Gasteiger partial charge in [-0.3, -0.25) is 9.59 Å². The van der Waals surface area contributed by atoms with E-state index in [0.29, 0.717) is 0 Å². The van der Waals surface area contributed by atoms with E-state index in [4.69, 9.17) is 0 Å². The second kappa shape index (κ2) is 6.11. The number of hydrogen-bond acceptors (Lipinski definition) is 2. The van der Waals surface area contributed by atoms with Crippen LogP contribution in [0.25, 0.3) is 0 Å². The predicted molar refractivity (Wildman–Crippen MR) is 86.6 cm³/mol. The highest BCUT2D eigenvalue weighted by atomic mass is 16.2. The molecule has 0 heterocycles. The van der Waals surface area contributed by atoms with Crippen LogP contribution in [0, 0.1) is 5.92 Å². The first kappa shape index (κ1) is 15.1. The van der Waals surface area contributed by atoms with E-state index in [1.807, 2.05) is 24.3 Å². The third-order valence-electron chi connectivity index (χ3n) is 5.02. The van der Waals surface area contributed by atoms with Crippen molar-refractivity contribution in [2.45, 2.75) is 50.4 Å². The lowest BCUT2D eigenvalue weighted by atomic mass is 9.68. The molecule has 0 radical (unpaired) electrons. The van der Waals surface area contributed by atoms with Crippen molar-refractivity contribution >= 4 is 17.5 Å². The van der Waals surface area contributed by atoms with Crippen molar-refractivity contribution in [3.8, 4) is 0 Å². The van der Waals surface area contributed by atoms with E-state index < -0.39 is 5.41 Å². The summed E-state index contributed by atoms with van der Waals surface area (Å²) in [6.45, 7) is 0. The zero-order chi connectivity index (χ0) is 15.6. The fourth-order valence-corrected chi connectivity index (χ4v) is 3.50. The first-order valence-electron chi connectivity index (χ1n) is 8.29. The summed E-state index contributed by atoms with van der Waals surface area (Å²) in [6, 6.07) is 7.86. The highest BCUT2D eigenvalue weighted by molar-refractivity contribution is 5.94. The van der Waals surface area contributed by atoms with E-state index in [1.54, 1.807) is 7.05 Å². The van der Waals surface area contributed by atoms with Crippen LogP contribution in [0.3, 0.4) is 0 Å². The number of amides is 2. The van der Waals surface area contributed by atoms with Crippen LogP contribution >= 0.6 is 0 Å². The molecule has 4 heteroatoms. The summed E-state index contributed by atoms with van der Waals surface area (Å²) in [5.41, 5.74) is 1.49. The Morgan fingerprint density at radius 1 is 1.05 bits per heavy atom. The minimum absolute atomic E-state index is 0.113. The second-order valence-electron chi connectivity index (χ2n) is 6.56. The van der Waals surface area contributed by atoms with Crippen molar-refractivity contribution in [2.75, 3.05) is 12.4 Å². The van der Waals surface area contributed by atoms with Crippen LogP contribution in [-0.2, 0) is 15.0 Å². The predicted octanol–water partition coefficient (Wildman–Crippen LogP) is 2.98. The quantitative estimate of drug-likeness (QED) is 0.898. The Kier molecular flexibility index (Phi) is 4.19. The number of rotatable bonds is 4. The van der Waals surface area contributed by atoms with Crippen LogP contribution in [0.5, 0.6) is 0 Å². The molecule has 0 atom stereocenters. The number of nitrogens with one attached hydrogen (secondary N) is 2. The van der Waals surface area contributed by atoms with E-state index >= 15 is 0 Å². The highest BCUT2D eigenvalue weighted by Crippen LogP contribution is 2.40. The lowest BCUT2D eigenvalue weighted by Gasteiger charge is -2.36. The molecule has 3 rings (SSSR count). The van der Waals surface area contributed by atoms with Gasteiger partial charge < -0.3 is 10.6 Å². The van der Waals surface area contributed by atoms with Crippen LogP contribution < -0.4 is 10.6 Å². The van der Waals surface area contributed by atoms with Gasteiger partial charge in [-0.25, -0.2) is 0 Å². The summed E-state index contributed by atoms with van der Waals surface area (Å²) in [5, 5.41) is 5.79. The summed E-state index contributed by atoms with van der Waals surface area (Å²) in [7, 11) is 1.71.